The second-order valence-corrected chi connectivity index (χ2v) is 11.6. The molecule has 0 bridgehead atoms. The molecular weight excluding hydrogens is 548 g/mol. The van der Waals surface area contributed by atoms with Gasteiger partial charge in [0.2, 0.25) is 11.8 Å². The van der Waals surface area contributed by atoms with E-state index in [1.165, 1.54) is 0 Å². The number of amides is 4. The van der Waals surface area contributed by atoms with Gasteiger partial charge in [0, 0.05) is 25.9 Å². The van der Waals surface area contributed by atoms with Crippen LogP contribution in [-0.4, -0.2) is 59.9 Å². The van der Waals surface area contributed by atoms with E-state index in [2.05, 4.69) is 21.3 Å². The summed E-state index contributed by atoms with van der Waals surface area (Å²) in [5.74, 6) is -0.554. The summed E-state index contributed by atoms with van der Waals surface area (Å²) in [5.41, 5.74) is 1.18. The molecule has 4 amide bonds. The molecule has 0 spiro atoms. The maximum absolute atomic E-state index is 12.9. The van der Waals surface area contributed by atoms with E-state index in [0.717, 1.165) is 56.1 Å². The average molecular weight is 597 g/mol. The van der Waals surface area contributed by atoms with Crippen LogP contribution in [0.1, 0.15) is 76.8 Å². The number of benzene rings is 2. The fraction of sp³-hybridized carbons (Fsp3) is 0.515. The first-order valence-corrected chi connectivity index (χ1v) is 15.2. The molecule has 0 radical (unpaired) electrons. The monoisotopic (exact) mass is 596 g/mol. The van der Waals surface area contributed by atoms with Crippen molar-refractivity contribution in [1.29, 1.82) is 0 Å². The summed E-state index contributed by atoms with van der Waals surface area (Å²) in [6.45, 7) is 6.37. The van der Waals surface area contributed by atoms with Gasteiger partial charge >= 0.3 is 12.2 Å². The van der Waals surface area contributed by atoms with Gasteiger partial charge in [-0.2, -0.15) is 0 Å². The van der Waals surface area contributed by atoms with Gasteiger partial charge in [0.05, 0.1) is 0 Å². The molecule has 0 unspecified atom stereocenters. The average Bonchev–Trinajstić information content (AvgIpc) is 2.95. The number of rotatable bonds is 18. The molecule has 0 fully saturated rings. The van der Waals surface area contributed by atoms with E-state index in [0.29, 0.717) is 25.9 Å². The molecular formula is C33H48N4O6. The number of carboxylic acid groups (broad SMARTS) is 1. The Bertz CT molecular complexity index is 1120. The van der Waals surface area contributed by atoms with Crippen LogP contribution in [0.5, 0.6) is 0 Å². The standard InChI is InChI=1S/C33H48N4O6/c1-33(2,3)43-32(42)37-28(24-26-19-13-10-14-20-26)30(39)35-22-16-8-6-4-5-7-15-21-34-29(38)27(36-31(40)41)23-25-17-11-9-12-18-25/h9-14,17-20,27-28,36H,4-8,15-16,21-24H2,1-3H3,(H,34,38)(H,35,39)(H,37,42)(H,40,41)/t27-,28-/m0/s1. The van der Waals surface area contributed by atoms with Gasteiger partial charge in [-0.1, -0.05) is 92.8 Å². The summed E-state index contributed by atoms with van der Waals surface area (Å²) in [7, 11) is 0. The summed E-state index contributed by atoms with van der Waals surface area (Å²) in [4.78, 5) is 48.8. The molecule has 10 nitrogen and oxygen atoms in total. The van der Waals surface area contributed by atoms with Gasteiger partial charge in [0.1, 0.15) is 17.7 Å². The predicted octanol–water partition coefficient (Wildman–Crippen LogP) is 4.96. The lowest BCUT2D eigenvalue weighted by Crippen LogP contribution is -2.49. The molecule has 236 valence electrons. The number of nitrogens with one attached hydrogen (secondary N) is 4. The van der Waals surface area contributed by atoms with Crippen LogP contribution in [0.25, 0.3) is 0 Å². The van der Waals surface area contributed by atoms with Crippen molar-refractivity contribution in [3.05, 3.63) is 71.8 Å². The summed E-state index contributed by atoms with van der Waals surface area (Å²) >= 11 is 0. The highest BCUT2D eigenvalue weighted by Gasteiger charge is 2.24. The van der Waals surface area contributed by atoms with Crippen molar-refractivity contribution in [2.24, 2.45) is 0 Å². The van der Waals surface area contributed by atoms with Gasteiger partial charge in [0.25, 0.3) is 0 Å². The molecule has 0 aliphatic rings. The molecule has 2 rings (SSSR count). The van der Waals surface area contributed by atoms with E-state index >= 15 is 0 Å². The SMILES string of the molecule is CC(C)(C)OC(=O)N[C@@H](Cc1ccccc1)C(=O)NCCCCCCCCCNC(=O)[C@H](Cc1ccccc1)NC(=O)O. The first-order valence-electron chi connectivity index (χ1n) is 15.2. The molecule has 0 aliphatic carbocycles. The quantitative estimate of drug-likeness (QED) is 0.154. The van der Waals surface area contributed by atoms with E-state index < -0.39 is 29.9 Å². The van der Waals surface area contributed by atoms with Gasteiger partial charge in [-0.15, -0.1) is 0 Å². The summed E-state index contributed by atoms with van der Waals surface area (Å²) in [5, 5.41) is 19.9. The minimum absolute atomic E-state index is 0.235. The molecule has 10 heteroatoms. The summed E-state index contributed by atoms with van der Waals surface area (Å²) < 4.78 is 5.34. The molecule has 2 aromatic rings. The van der Waals surface area contributed by atoms with Crippen molar-refractivity contribution in [3.8, 4) is 0 Å². The fourth-order valence-corrected chi connectivity index (χ4v) is 4.52. The lowest BCUT2D eigenvalue weighted by molar-refractivity contribution is -0.123. The number of ether oxygens (including phenoxy) is 1. The van der Waals surface area contributed by atoms with E-state index in [1.54, 1.807) is 20.8 Å². The number of carbonyl (C=O) groups is 4. The van der Waals surface area contributed by atoms with Crippen LogP contribution in [0.2, 0.25) is 0 Å². The zero-order valence-corrected chi connectivity index (χ0v) is 25.7. The highest BCUT2D eigenvalue weighted by Crippen LogP contribution is 2.10. The largest absolute Gasteiger partial charge is 0.465 e. The van der Waals surface area contributed by atoms with Crippen molar-refractivity contribution >= 4 is 24.0 Å². The first-order chi connectivity index (χ1) is 20.5. The molecule has 0 heterocycles. The lowest BCUT2D eigenvalue weighted by Gasteiger charge is -2.23. The fourth-order valence-electron chi connectivity index (χ4n) is 4.52. The molecule has 0 aliphatic heterocycles. The number of hydrogen-bond donors (Lipinski definition) is 5. The van der Waals surface area contributed by atoms with Crippen LogP contribution in [0.4, 0.5) is 9.59 Å². The Balaban J connectivity index is 1.60. The molecule has 2 aromatic carbocycles. The van der Waals surface area contributed by atoms with Crippen molar-refractivity contribution in [2.45, 2.75) is 96.2 Å². The topological polar surface area (TPSA) is 146 Å². The van der Waals surface area contributed by atoms with Crippen LogP contribution in [-0.2, 0) is 27.2 Å². The zero-order chi connectivity index (χ0) is 31.5. The van der Waals surface area contributed by atoms with Crippen molar-refractivity contribution in [3.63, 3.8) is 0 Å². The predicted molar refractivity (Wildman–Crippen MR) is 167 cm³/mol. The van der Waals surface area contributed by atoms with Gasteiger partial charge in [-0.05, 0) is 44.7 Å². The molecule has 5 N–H and O–H groups in total. The Morgan fingerprint density at radius 1 is 0.651 bits per heavy atom. The number of alkyl carbamates (subject to hydrolysis) is 1. The minimum Gasteiger partial charge on any atom is -0.465 e. The summed E-state index contributed by atoms with van der Waals surface area (Å²) in [6, 6.07) is 17.3. The second kappa shape index (κ2) is 19.2. The Labute approximate surface area is 255 Å². The smallest absolute Gasteiger partial charge is 0.408 e. The van der Waals surface area contributed by atoms with Crippen molar-refractivity contribution < 1.29 is 29.0 Å². The van der Waals surface area contributed by atoms with Gasteiger partial charge < -0.3 is 31.1 Å². The zero-order valence-electron chi connectivity index (χ0n) is 25.7. The Morgan fingerprint density at radius 3 is 1.44 bits per heavy atom. The third-order valence-corrected chi connectivity index (χ3v) is 6.64. The van der Waals surface area contributed by atoms with Crippen LogP contribution < -0.4 is 21.3 Å². The van der Waals surface area contributed by atoms with Crippen LogP contribution in [0.15, 0.2) is 60.7 Å². The first kappa shape index (κ1) is 35.1. The summed E-state index contributed by atoms with van der Waals surface area (Å²) in [6.07, 6.45) is 5.54. The number of unbranched alkanes of at least 4 members (excludes halogenated alkanes) is 6. The van der Waals surface area contributed by atoms with E-state index in [9.17, 15) is 19.2 Å². The molecule has 0 saturated heterocycles. The third kappa shape index (κ3) is 16.2. The Hall–Kier alpha value is -4.08. The maximum Gasteiger partial charge on any atom is 0.408 e. The van der Waals surface area contributed by atoms with E-state index in [4.69, 9.17) is 9.84 Å². The van der Waals surface area contributed by atoms with E-state index in [-0.39, 0.29) is 11.8 Å². The molecule has 2 atom stereocenters. The van der Waals surface area contributed by atoms with Crippen molar-refractivity contribution in [1.82, 2.24) is 21.3 Å². The van der Waals surface area contributed by atoms with Gasteiger partial charge in [-0.3, -0.25) is 9.59 Å². The number of hydrogen-bond acceptors (Lipinski definition) is 5. The third-order valence-electron chi connectivity index (χ3n) is 6.64. The van der Waals surface area contributed by atoms with Gasteiger partial charge in [0.15, 0.2) is 0 Å². The van der Waals surface area contributed by atoms with Crippen LogP contribution >= 0.6 is 0 Å². The Kier molecular flexibility index (Phi) is 15.7. The molecule has 0 aromatic heterocycles. The lowest BCUT2D eigenvalue weighted by atomic mass is 10.0. The highest BCUT2D eigenvalue weighted by atomic mass is 16.6. The molecule has 0 saturated carbocycles. The normalized spacial score (nSPS) is 12.4. The van der Waals surface area contributed by atoms with E-state index in [1.807, 2.05) is 60.7 Å². The second-order valence-electron chi connectivity index (χ2n) is 11.6. The minimum atomic E-state index is -1.22. The van der Waals surface area contributed by atoms with Crippen molar-refractivity contribution in [2.75, 3.05) is 13.1 Å². The number of carbonyl (C=O) groups excluding carboxylic acids is 3. The van der Waals surface area contributed by atoms with Crippen LogP contribution in [0.3, 0.4) is 0 Å². The highest BCUT2D eigenvalue weighted by molar-refractivity contribution is 5.86. The Morgan fingerprint density at radius 2 is 1.05 bits per heavy atom. The maximum atomic E-state index is 12.9. The van der Waals surface area contributed by atoms with Gasteiger partial charge in [-0.25, -0.2) is 9.59 Å². The van der Waals surface area contributed by atoms with Crippen LogP contribution in [0, 0.1) is 0 Å². The molecule has 43 heavy (non-hydrogen) atoms.